The molecule has 0 fully saturated rings. The third-order valence-electron chi connectivity index (χ3n) is 2.01. The third kappa shape index (κ3) is 2.50. The van der Waals surface area contributed by atoms with Crippen LogP contribution >= 0.6 is 0 Å². The second-order valence-electron chi connectivity index (χ2n) is 2.90. The fourth-order valence-corrected chi connectivity index (χ4v) is 1.31. The Hall–Kier alpha value is -0.930. The van der Waals surface area contributed by atoms with Gasteiger partial charge < -0.3 is 9.84 Å². The first-order valence-corrected chi connectivity index (χ1v) is 4.39. The number of pyridine rings is 1. The minimum absolute atomic E-state index is 0.330. The lowest BCUT2D eigenvalue weighted by Crippen LogP contribution is -2.08. The van der Waals surface area contributed by atoms with E-state index in [1.54, 1.807) is 19.5 Å². The molecule has 1 unspecified atom stereocenters. The van der Waals surface area contributed by atoms with Crippen LogP contribution in [0.2, 0.25) is 0 Å². The minimum Gasteiger partial charge on any atom is -0.386 e. The fraction of sp³-hybridized carbons (Fsp3) is 0.500. The molecule has 0 spiro atoms. The summed E-state index contributed by atoms with van der Waals surface area (Å²) in [6.45, 7) is 2.37. The molecule has 0 radical (unpaired) electrons. The highest BCUT2D eigenvalue weighted by Crippen LogP contribution is 2.17. The van der Waals surface area contributed by atoms with Gasteiger partial charge in [-0.1, -0.05) is 6.92 Å². The average molecular weight is 181 g/mol. The van der Waals surface area contributed by atoms with E-state index in [0.717, 1.165) is 17.5 Å². The van der Waals surface area contributed by atoms with E-state index in [4.69, 9.17) is 4.74 Å². The van der Waals surface area contributed by atoms with E-state index in [2.05, 4.69) is 4.98 Å². The highest BCUT2D eigenvalue weighted by atomic mass is 16.5. The summed E-state index contributed by atoms with van der Waals surface area (Å²) < 4.78 is 4.89. The van der Waals surface area contributed by atoms with E-state index in [1.165, 1.54) is 0 Å². The molecule has 0 aromatic carbocycles. The van der Waals surface area contributed by atoms with Crippen LogP contribution in [0.5, 0.6) is 0 Å². The highest BCUT2D eigenvalue weighted by molar-refractivity contribution is 5.25. The highest BCUT2D eigenvalue weighted by Gasteiger charge is 2.10. The van der Waals surface area contributed by atoms with Gasteiger partial charge in [0.05, 0.1) is 6.61 Å². The zero-order valence-corrected chi connectivity index (χ0v) is 8.03. The molecule has 1 rings (SSSR count). The quantitative estimate of drug-likeness (QED) is 0.761. The van der Waals surface area contributed by atoms with Gasteiger partial charge in [0.2, 0.25) is 0 Å². The zero-order chi connectivity index (χ0) is 9.68. The Balaban J connectivity index is 2.85. The molecule has 1 aromatic rings. The molecule has 1 heterocycles. The van der Waals surface area contributed by atoms with E-state index in [0.29, 0.717) is 6.61 Å². The predicted molar refractivity (Wildman–Crippen MR) is 50.5 cm³/mol. The molecule has 0 aliphatic rings. The molecule has 0 amide bonds. The largest absolute Gasteiger partial charge is 0.386 e. The monoisotopic (exact) mass is 181 g/mol. The number of methoxy groups -OCH3 is 1. The van der Waals surface area contributed by atoms with E-state index >= 15 is 0 Å². The maximum atomic E-state index is 9.68. The van der Waals surface area contributed by atoms with Crippen molar-refractivity contribution in [3.63, 3.8) is 0 Å². The van der Waals surface area contributed by atoms with Gasteiger partial charge in [0.25, 0.3) is 0 Å². The van der Waals surface area contributed by atoms with Gasteiger partial charge in [0.15, 0.2) is 0 Å². The molecule has 3 heteroatoms. The molecule has 1 atom stereocenters. The van der Waals surface area contributed by atoms with Crippen molar-refractivity contribution >= 4 is 0 Å². The van der Waals surface area contributed by atoms with Gasteiger partial charge in [0.1, 0.15) is 6.10 Å². The van der Waals surface area contributed by atoms with Crippen LogP contribution in [0.25, 0.3) is 0 Å². The molecule has 72 valence electrons. The number of aliphatic hydroxyl groups excluding tert-OH is 1. The van der Waals surface area contributed by atoms with Crippen LogP contribution in [0, 0.1) is 0 Å². The first kappa shape index (κ1) is 10.2. The van der Waals surface area contributed by atoms with Gasteiger partial charge in [0, 0.05) is 19.5 Å². The Kier molecular flexibility index (Phi) is 3.86. The molecule has 0 bridgehead atoms. The SMILES string of the molecule is CCc1cnccc1C(O)COC. The molecule has 0 aliphatic carbocycles. The second-order valence-corrected chi connectivity index (χ2v) is 2.90. The predicted octanol–water partition coefficient (Wildman–Crippen LogP) is 1.32. The first-order valence-electron chi connectivity index (χ1n) is 4.39. The lowest BCUT2D eigenvalue weighted by atomic mass is 10.0. The maximum Gasteiger partial charge on any atom is 0.103 e. The number of aryl methyl sites for hydroxylation is 1. The molecule has 0 saturated heterocycles. The van der Waals surface area contributed by atoms with Crippen molar-refractivity contribution in [3.8, 4) is 0 Å². The number of hydrogen-bond acceptors (Lipinski definition) is 3. The standard InChI is InChI=1S/C10H15NO2/c1-3-8-6-11-5-4-9(8)10(12)7-13-2/h4-6,10,12H,3,7H2,1-2H3. The summed E-state index contributed by atoms with van der Waals surface area (Å²) in [5, 5.41) is 9.68. The molecule has 1 aromatic heterocycles. The summed E-state index contributed by atoms with van der Waals surface area (Å²) in [6, 6.07) is 1.84. The van der Waals surface area contributed by atoms with Crippen molar-refractivity contribution in [1.82, 2.24) is 4.98 Å². The Morgan fingerprint density at radius 1 is 1.62 bits per heavy atom. The van der Waals surface area contributed by atoms with E-state index in [-0.39, 0.29) is 0 Å². The normalized spacial score (nSPS) is 12.8. The first-order chi connectivity index (χ1) is 6.29. The average Bonchev–Trinajstić information content (AvgIpc) is 2.18. The van der Waals surface area contributed by atoms with Crippen LogP contribution in [-0.2, 0) is 11.2 Å². The van der Waals surface area contributed by atoms with Crippen molar-refractivity contribution in [3.05, 3.63) is 29.6 Å². The molecule has 0 saturated carbocycles. The molecule has 3 nitrogen and oxygen atoms in total. The summed E-state index contributed by atoms with van der Waals surface area (Å²) in [7, 11) is 1.58. The van der Waals surface area contributed by atoms with Crippen LogP contribution in [0.4, 0.5) is 0 Å². The molecule has 13 heavy (non-hydrogen) atoms. The van der Waals surface area contributed by atoms with Crippen molar-refractivity contribution in [2.24, 2.45) is 0 Å². The van der Waals surface area contributed by atoms with Crippen LogP contribution in [0.3, 0.4) is 0 Å². The number of rotatable bonds is 4. The van der Waals surface area contributed by atoms with Gasteiger partial charge in [-0.05, 0) is 23.6 Å². The van der Waals surface area contributed by atoms with Crippen molar-refractivity contribution in [2.75, 3.05) is 13.7 Å². The van der Waals surface area contributed by atoms with Gasteiger partial charge in [-0.3, -0.25) is 4.98 Å². The molecule has 1 N–H and O–H groups in total. The van der Waals surface area contributed by atoms with Crippen LogP contribution in [-0.4, -0.2) is 23.8 Å². The summed E-state index contributed by atoms with van der Waals surface area (Å²) in [5.41, 5.74) is 1.99. The van der Waals surface area contributed by atoms with Gasteiger partial charge in [-0.2, -0.15) is 0 Å². The number of aliphatic hydroxyl groups is 1. The van der Waals surface area contributed by atoms with Crippen molar-refractivity contribution < 1.29 is 9.84 Å². The van der Waals surface area contributed by atoms with E-state index in [1.807, 2.05) is 13.0 Å². The second kappa shape index (κ2) is 4.94. The van der Waals surface area contributed by atoms with E-state index < -0.39 is 6.10 Å². The van der Waals surface area contributed by atoms with E-state index in [9.17, 15) is 5.11 Å². The number of nitrogens with zero attached hydrogens (tertiary/aromatic N) is 1. The Labute approximate surface area is 78.4 Å². The minimum atomic E-state index is -0.539. The van der Waals surface area contributed by atoms with Crippen LogP contribution in [0.1, 0.15) is 24.2 Å². The van der Waals surface area contributed by atoms with Crippen molar-refractivity contribution in [1.29, 1.82) is 0 Å². The number of ether oxygens (including phenoxy) is 1. The van der Waals surface area contributed by atoms with Crippen molar-refractivity contribution in [2.45, 2.75) is 19.4 Å². The summed E-state index contributed by atoms with van der Waals surface area (Å²) in [6.07, 6.45) is 3.81. The zero-order valence-electron chi connectivity index (χ0n) is 8.03. The molecular formula is C10H15NO2. The Morgan fingerprint density at radius 3 is 3.00 bits per heavy atom. The fourth-order valence-electron chi connectivity index (χ4n) is 1.31. The lowest BCUT2D eigenvalue weighted by molar-refractivity contribution is 0.0638. The van der Waals surface area contributed by atoms with Gasteiger partial charge in [-0.25, -0.2) is 0 Å². The summed E-state index contributed by atoms with van der Waals surface area (Å²) in [5.74, 6) is 0. The Bertz CT molecular complexity index is 263. The third-order valence-corrected chi connectivity index (χ3v) is 2.01. The summed E-state index contributed by atoms with van der Waals surface area (Å²) in [4.78, 5) is 4.01. The van der Waals surface area contributed by atoms with Crippen LogP contribution in [0.15, 0.2) is 18.5 Å². The maximum absolute atomic E-state index is 9.68. The van der Waals surface area contributed by atoms with Crippen LogP contribution < -0.4 is 0 Å². The molecular weight excluding hydrogens is 166 g/mol. The smallest absolute Gasteiger partial charge is 0.103 e. The topological polar surface area (TPSA) is 42.4 Å². The lowest BCUT2D eigenvalue weighted by Gasteiger charge is -2.12. The number of hydrogen-bond donors (Lipinski definition) is 1. The Morgan fingerprint density at radius 2 is 2.38 bits per heavy atom. The molecule has 0 aliphatic heterocycles. The summed E-state index contributed by atoms with van der Waals surface area (Å²) >= 11 is 0. The van der Waals surface area contributed by atoms with Gasteiger partial charge >= 0.3 is 0 Å². The van der Waals surface area contributed by atoms with Gasteiger partial charge in [-0.15, -0.1) is 0 Å². The number of aromatic nitrogens is 1.